The van der Waals surface area contributed by atoms with Crippen LogP contribution in [0.5, 0.6) is 5.75 Å². The fourth-order valence-electron chi connectivity index (χ4n) is 1.44. The molecule has 2 N–H and O–H groups in total. The molecule has 19 heavy (non-hydrogen) atoms. The SMILES string of the molecule is CN(C(=O)c1cc(C(=O)O)on1)c1ccc(O)cc1. The molecule has 98 valence electrons. The average molecular weight is 262 g/mol. The maximum atomic E-state index is 12.0. The molecule has 0 saturated carbocycles. The average Bonchev–Trinajstić information content (AvgIpc) is 2.87. The molecule has 1 amide bonds. The molecule has 7 nitrogen and oxygen atoms in total. The van der Waals surface area contributed by atoms with Crippen molar-refractivity contribution in [2.45, 2.75) is 0 Å². The lowest BCUT2D eigenvalue weighted by Gasteiger charge is -2.15. The first kappa shape index (κ1) is 12.6. The topological polar surface area (TPSA) is 104 Å². The second-order valence-corrected chi connectivity index (χ2v) is 3.76. The molecule has 0 aliphatic heterocycles. The van der Waals surface area contributed by atoms with Crippen molar-refractivity contribution in [3.8, 4) is 5.75 Å². The largest absolute Gasteiger partial charge is 0.508 e. The quantitative estimate of drug-likeness (QED) is 0.865. The van der Waals surface area contributed by atoms with Crippen LogP contribution in [0.2, 0.25) is 0 Å². The lowest BCUT2D eigenvalue weighted by molar-refractivity contribution is 0.0651. The van der Waals surface area contributed by atoms with Crippen molar-refractivity contribution in [1.29, 1.82) is 0 Å². The predicted octanol–water partition coefficient (Wildman–Crippen LogP) is 1.35. The van der Waals surface area contributed by atoms with Crippen molar-refractivity contribution < 1.29 is 24.3 Å². The number of carbonyl (C=O) groups is 2. The van der Waals surface area contributed by atoms with E-state index < -0.39 is 17.6 Å². The van der Waals surface area contributed by atoms with Crippen LogP contribution >= 0.6 is 0 Å². The van der Waals surface area contributed by atoms with E-state index in [-0.39, 0.29) is 11.4 Å². The molecule has 0 spiro atoms. The first-order valence-corrected chi connectivity index (χ1v) is 5.26. The third-order valence-corrected chi connectivity index (χ3v) is 2.48. The maximum absolute atomic E-state index is 12.0. The molecule has 0 fully saturated rings. The third kappa shape index (κ3) is 2.54. The molecule has 0 saturated heterocycles. The van der Waals surface area contributed by atoms with Crippen molar-refractivity contribution in [1.82, 2.24) is 5.16 Å². The van der Waals surface area contributed by atoms with Crippen LogP contribution in [0.3, 0.4) is 0 Å². The molecule has 1 aromatic heterocycles. The molecule has 1 heterocycles. The second-order valence-electron chi connectivity index (χ2n) is 3.76. The fourth-order valence-corrected chi connectivity index (χ4v) is 1.44. The molecular weight excluding hydrogens is 252 g/mol. The number of carboxylic acids is 1. The molecular formula is C12H10N2O5. The zero-order valence-corrected chi connectivity index (χ0v) is 9.90. The molecule has 0 bridgehead atoms. The summed E-state index contributed by atoms with van der Waals surface area (Å²) < 4.78 is 4.52. The summed E-state index contributed by atoms with van der Waals surface area (Å²) in [6.07, 6.45) is 0. The van der Waals surface area contributed by atoms with Crippen LogP contribution in [0.15, 0.2) is 34.9 Å². The van der Waals surface area contributed by atoms with Gasteiger partial charge in [0.15, 0.2) is 5.69 Å². The Morgan fingerprint density at radius 1 is 1.26 bits per heavy atom. The number of aromatic carboxylic acids is 1. The van der Waals surface area contributed by atoms with E-state index in [0.29, 0.717) is 5.69 Å². The summed E-state index contributed by atoms with van der Waals surface area (Å²) in [4.78, 5) is 23.9. The first-order valence-electron chi connectivity index (χ1n) is 5.26. The van der Waals surface area contributed by atoms with Gasteiger partial charge in [-0.05, 0) is 24.3 Å². The highest BCUT2D eigenvalue weighted by atomic mass is 16.5. The van der Waals surface area contributed by atoms with E-state index >= 15 is 0 Å². The highest BCUT2D eigenvalue weighted by Gasteiger charge is 2.20. The van der Waals surface area contributed by atoms with Crippen molar-refractivity contribution in [3.05, 3.63) is 41.8 Å². The Bertz CT molecular complexity index is 617. The lowest BCUT2D eigenvalue weighted by atomic mass is 10.2. The number of aromatic hydroxyl groups is 1. The van der Waals surface area contributed by atoms with Crippen LogP contribution in [0, 0.1) is 0 Å². The van der Waals surface area contributed by atoms with Crippen LogP contribution < -0.4 is 4.90 Å². The molecule has 0 aliphatic carbocycles. The van der Waals surface area contributed by atoms with Gasteiger partial charge in [0, 0.05) is 18.8 Å². The van der Waals surface area contributed by atoms with Crippen LogP contribution in [0.4, 0.5) is 5.69 Å². The van der Waals surface area contributed by atoms with Gasteiger partial charge in [-0.1, -0.05) is 5.16 Å². The Morgan fingerprint density at radius 2 is 1.89 bits per heavy atom. The number of phenols is 1. The van der Waals surface area contributed by atoms with E-state index in [0.717, 1.165) is 6.07 Å². The van der Waals surface area contributed by atoms with Gasteiger partial charge in [-0.25, -0.2) is 4.79 Å². The van der Waals surface area contributed by atoms with Gasteiger partial charge >= 0.3 is 5.97 Å². The first-order chi connectivity index (χ1) is 8.99. The van der Waals surface area contributed by atoms with Gasteiger partial charge in [-0.15, -0.1) is 0 Å². The molecule has 2 aromatic rings. The highest BCUT2D eigenvalue weighted by molar-refractivity contribution is 6.05. The summed E-state index contributed by atoms with van der Waals surface area (Å²) in [7, 11) is 1.50. The summed E-state index contributed by atoms with van der Waals surface area (Å²) in [6.45, 7) is 0. The number of hydrogen-bond acceptors (Lipinski definition) is 5. The van der Waals surface area contributed by atoms with Crippen molar-refractivity contribution in [2.24, 2.45) is 0 Å². The van der Waals surface area contributed by atoms with E-state index in [1.807, 2.05) is 0 Å². The molecule has 7 heteroatoms. The Balaban J connectivity index is 2.22. The number of hydrogen-bond donors (Lipinski definition) is 2. The number of benzene rings is 1. The van der Waals surface area contributed by atoms with Crippen LogP contribution in [0.25, 0.3) is 0 Å². The molecule has 0 radical (unpaired) electrons. The Kier molecular flexibility index (Phi) is 3.19. The number of amides is 1. The minimum absolute atomic E-state index is 0.0826. The number of rotatable bonds is 3. The van der Waals surface area contributed by atoms with Crippen LogP contribution in [-0.4, -0.2) is 34.3 Å². The third-order valence-electron chi connectivity index (χ3n) is 2.48. The van der Waals surface area contributed by atoms with Crippen molar-refractivity contribution >= 4 is 17.6 Å². The van der Waals surface area contributed by atoms with Crippen molar-refractivity contribution in [3.63, 3.8) is 0 Å². The smallest absolute Gasteiger partial charge is 0.374 e. The minimum Gasteiger partial charge on any atom is -0.508 e. The monoisotopic (exact) mass is 262 g/mol. The summed E-state index contributed by atoms with van der Waals surface area (Å²) in [5.74, 6) is -2.12. The fraction of sp³-hybridized carbons (Fsp3) is 0.0833. The molecule has 0 atom stereocenters. The number of anilines is 1. The normalized spacial score (nSPS) is 10.2. The van der Waals surface area contributed by atoms with Gasteiger partial charge in [0.25, 0.3) is 5.91 Å². The molecule has 1 aromatic carbocycles. The van der Waals surface area contributed by atoms with Crippen LogP contribution in [0.1, 0.15) is 21.0 Å². The van der Waals surface area contributed by atoms with Crippen LogP contribution in [-0.2, 0) is 0 Å². The number of carbonyl (C=O) groups excluding carboxylic acids is 1. The predicted molar refractivity (Wildman–Crippen MR) is 64.3 cm³/mol. The maximum Gasteiger partial charge on any atom is 0.374 e. The van der Waals surface area contributed by atoms with E-state index in [2.05, 4.69) is 9.68 Å². The summed E-state index contributed by atoms with van der Waals surface area (Å²) in [6, 6.07) is 7.02. The van der Waals surface area contributed by atoms with Gasteiger partial charge in [-0.2, -0.15) is 0 Å². The number of carboxylic acid groups (broad SMARTS) is 1. The molecule has 0 aliphatic rings. The summed E-state index contributed by atoms with van der Waals surface area (Å²) in [5, 5.41) is 21.2. The Labute approximate surface area is 107 Å². The van der Waals surface area contributed by atoms with E-state index in [9.17, 15) is 9.59 Å². The standard InChI is InChI=1S/C12H10N2O5/c1-14(7-2-4-8(15)5-3-7)11(16)9-6-10(12(17)18)19-13-9/h2-6,15H,1H3,(H,17,18). The highest BCUT2D eigenvalue weighted by Crippen LogP contribution is 2.19. The zero-order valence-electron chi connectivity index (χ0n) is 9.90. The summed E-state index contributed by atoms with van der Waals surface area (Å²) in [5.41, 5.74) is 0.427. The molecule has 0 unspecified atom stereocenters. The Hall–Kier alpha value is -2.83. The lowest BCUT2D eigenvalue weighted by Crippen LogP contribution is -2.26. The van der Waals surface area contributed by atoms with Gasteiger partial charge < -0.3 is 19.6 Å². The minimum atomic E-state index is -1.29. The van der Waals surface area contributed by atoms with E-state index in [1.165, 1.54) is 24.1 Å². The number of nitrogens with zero attached hydrogens (tertiary/aromatic N) is 2. The molecule has 2 rings (SSSR count). The van der Waals surface area contributed by atoms with Crippen molar-refractivity contribution in [2.75, 3.05) is 11.9 Å². The van der Waals surface area contributed by atoms with E-state index in [4.69, 9.17) is 10.2 Å². The van der Waals surface area contributed by atoms with Gasteiger partial charge in [0.2, 0.25) is 5.76 Å². The number of phenolic OH excluding ortho intramolecular Hbond substituents is 1. The zero-order chi connectivity index (χ0) is 14.0. The van der Waals surface area contributed by atoms with E-state index in [1.54, 1.807) is 12.1 Å². The van der Waals surface area contributed by atoms with Gasteiger partial charge in [0.1, 0.15) is 5.75 Å². The number of aromatic nitrogens is 1. The van der Waals surface area contributed by atoms with Gasteiger partial charge in [-0.3, -0.25) is 4.79 Å². The second kappa shape index (κ2) is 4.81. The summed E-state index contributed by atoms with van der Waals surface area (Å²) >= 11 is 0. The van der Waals surface area contributed by atoms with Gasteiger partial charge in [0.05, 0.1) is 0 Å². The Morgan fingerprint density at radius 3 is 2.42 bits per heavy atom.